The van der Waals surface area contributed by atoms with E-state index in [1.54, 1.807) is 28.9 Å². The molecule has 2 aromatic rings. The minimum atomic E-state index is -0.552. The molecular formula is C20H23N5O4. The highest BCUT2D eigenvalue weighted by Gasteiger charge is 2.36. The minimum absolute atomic E-state index is 0.0610. The Hall–Kier alpha value is -3.23. The molecule has 0 radical (unpaired) electrons. The number of tetrazole rings is 1. The summed E-state index contributed by atoms with van der Waals surface area (Å²) in [7, 11) is 1.34. The first-order valence-corrected chi connectivity index (χ1v) is 9.73. The van der Waals surface area contributed by atoms with Gasteiger partial charge in [0, 0.05) is 5.70 Å². The third kappa shape index (κ3) is 3.72. The van der Waals surface area contributed by atoms with Crippen LogP contribution in [0.1, 0.15) is 61.0 Å². The van der Waals surface area contributed by atoms with Gasteiger partial charge >= 0.3 is 11.9 Å². The predicted molar refractivity (Wildman–Crippen MR) is 103 cm³/mol. The van der Waals surface area contributed by atoms with Crippen LogP contribution in [-0.4, -0.2) is 45.4 Å². The number of esters is 2. The van der Waals surface area contributed by atoms with E-state index in [2.05, 4.69) is 20.8 Å². The number of carbonyl (C=O) groups excluding carboxylic acids is 2. The second-order valence-corrected chi connectivity index (χ2v) is 7.29. The molecule has 1 aromatic heterocycles. The summed E-state index contributed by atoms with van der Waals surface area (Å²) < 4.78 is 12.1. The summed E-state index contributed by atoms with van der Waals surface area (Å²) in [5, 5.41) is 14.9. The smallest absolute Gasteiger partial charge is 0.338 e. The monoisotopic (exact) mass is 397 g/mol. The number of ether oxygens (including phenoxy) is 2. The van der Waals surface area contributed by atoms with Crippen molar-refractivity contribution in [2.24, 2.45) is 0 Å². The SMILES string of the molecule is COC(=O)c1ccc([C@H]2C(C(=O)OC3CCCCC3)=C(C)Nc3nnnn32)cc1. The van der Waals surface area contributed by atoms with Crippen molar-refractivity contribution in [1.82, 2.24) is 20.2 Å². The number of nitrogens with zero attached hydrogens (tertiary/aromatic N) is 4. The number of hydrogen-bond donors (Lipinski definition) is 1. The summed E-state index contributed by atoms with van der Waals surface area (Å²) in [4.78, 5) is 24.9. The molecule has 152 valence electrons. The van der Waals surface area contributed by atoms with Gasteiger partial charge in [0.1, 0.15) is 12.1 Å². The number of methoxy groups -OCH3 is 1. The molecule has 9 nitrogen and oxygen atoms in total. The maximum atomic E-state index is 13.1. The number of rotatable bonds is 4. The fourth-order valence-electron chi connectivity index (χ4n) is 3.90. The zero-order valence-corrected chi connectivity index (χ0v) is 16.4. The van der Waals surface area contributed by atoms with Crippen LogP contribution in [-0.2, 0) is 14.3 Å². The van der Waals surface area contributed by atoms with Gasteiger partial charge < -0.3 is 14.8 Å². The Balaban J connectivity index is 1.68. The van der Waals surface area contributed by atoms with Crippen molar-refractivity contribution >= 4 is 17.9 Å². The lowest BCUT2D eigenvalue weighted by atomic mass is 9.94. The van der Waals surface area contributed by atoms with Crippen molar-refractivity contribution in [3.05, 3.63) is 46.7 Å². The first kappa shape index (κ1) is 19.1. The number of aromatic nitrogens is 4. The van der Waals surface area contributed by atoms with E-state index < -0.39 is 12.0 Å². The standard InChI is InChI=1S/C20H23N5O4/c1-12-16(19(27)29-15-6-4-3-5-7-15)17(25-20(21-12)22-23-24-25)13-8-10-14(11-9-13)18(26)28-2/h8-11,15,17H,3-7H2,1-2H3,(H,21,22,24)/t17-/m0/s1. The van der Waals surface area contributed by atoms with Gasteiger partial charge in [0.2, 0.25) is 5.95 Å². The van der Waals surface area contributed by atoms with Crippen molar-refractivity contribution in [3.8, 4) is 0 Å². The number of hydrogen-bond acceptors (Lipinski definition) is 8. The van der Waals surface area contributed by atoms with E-state index >= 15 is 0 Å². The van der Waals surface area contributed by atoms with Crippen LogP contribution >= 0.6 is 0 Å². The van der Waals surface area contributed by atoms with Gasteiger partial charge in [-0.2, -0.15) is 4.68 Å². The molecule has 29 heavy (non-hydrogen) atoms. The average molecular weight is 397 g/mol. The Morgan fingerprint density at radius 3 is 2.52 bits per heavy atom. The van der Waals surface area contributed by atoms with Gasteiger partial charge in [-0.15, -0.1) is 0 Å². The molecule has 1 saturated carbocycles. The van der Waals surface area contributed by atoms with E-state index in [0.717, 1.165) is 31.2 Å². The molecule has 2 aliphatic rings. The molecule has 9 heteroatoms. The number of carbonyl (C=O) groups is 2. The molecule has 0 spiro atoms. The highest BCUT2D eigenvalue weighted by atomic mass is 16.5. The Morgan fingerprint density at radius 2 is 1.83 bits per heavy atom. The third-order valence-corrected chi connectivity index (χ3v) is 5.41. The molecule has 0 amide bonds. The van der Waals surface area contributed by atoms with Crippen LogP contribution in [0.15, 0.2) is 35.5 Å². The third-order valence-electron chi connectivity index (χ3n) is 5.41. The maximum absolute atomic E-state index is 13.1. The van der Waals surface area contributed by atoms with Gasteiger partial charge in [0.25, 0.3) is 0 Å². The maximum Gasteiger partial charge on any atom is 0.338 e. The van der Waals surface area contributed by atoms with Crippen LogP contribution in [0.2, 0.25) is 0 Å². The van der Waals surface area contributed by atoms with Crippen LogP contribution < -0.4 is 5.32 Å². The number of anilines is 1. The Labute approximate surface area is 168 Å². The number of benzene rings is 1. The van der Waals surface area contributed by atoms with E-state index in [-0.39, 0.29) is 12.1 Å². The van der Waals surface area contributed by atoms with Gasteiger partial charge in [-0.3, -0.25) is 0 Å². The molecule has 2 heterocycles. The predicted octanol–water partition coefficient (Wildman–Crippen LogP) is 2.62. The van der Waals surface area contributed by atoms with Gasteiger partial charge in [0.05, 0.1) is 18.2 Å². The number of fused-ring (bicyclic) bond motifs is 1. The summed E-state index contributed by atoms with van der Waals surface area (Å²) in [6.07, 6.45) is 5.04. The Bertz CT molecular complexity index is 944. The first-order valence-electron chi connectivity index (χ1n) is 9.73. The van der Waals surface area contributed by atoms with Crippen molar-refractivity contribution in [1.29, 1.82) is 0 Å². The summed E-state index contributed by atoms with van der Waals surface area (Å²) in [6.45, 7) is 1.81. The number of allylic oxidation sites excluding steroid dienone is 1. The van der Waals surface area contributed by atoms with Gasteiger partial charge in [0.15, 0.2) is 0 Å². The molecule has 0 bridgehead atoms. The van der Waals surface area contributed by atoms with Crippen molar-refractivity contribution < 1.29 is 19.1 Å². The molecular weight excluding hydrogens is 374 g/mol. The number of nitrogens with one attached hydrogen (secondary N) is 1. The average Bonchev–Trinajstić information content (AvgIpc) is 3.21. The van der Waals surface area contributed by atoms with Crippen molar-refractivity contribution in [2.45, 2.75) is 51.2 Å². The molecule has 1 aliphatic heterocycles. The second kappa shape index (κ2) is 8.02. The van der Waals surface area contributed by atoms with Gasteiger partial charge in [-0.1, -0.05) is 23.7 Å². The molecule has 1 fully saturated rings. The van der Waals surface area contributed by atoms with E-state index in [0.29, 0.717) is 22.8 Å². The summed E-state index contributed by atoms with van der Waals surface area (Å²) in [6, 6.07) is 6.31. The molecule has 1 aromatic carbocycles. The lowest BCUT2D eigenvalue weighted by Crippen LogP contribution is -2.32. The minimum Gasteiger partial charge on any atom is -0.465 e. The van der Waals surface area contributed by atoms with Crippen LogP contribution in [0.5, 0.6) is 0 Å². The molecule has 1 aliphatic carbocycles. The first-order chi connectivity index (χ1) is 14.1. The Morgan fingerprint density at radius 1 is 1.10 bits per heavy atom. The highest BCUT2D eigenvalue weighted by molar-refractivity contribution is 5.93. The van der Waals surface area contributed by atoms with Crippen LogP contribution in [0.25, 0.3) is 0 Å². The summed E-state index contributed by atoms with van der Waals surface area (Å²) in [5.74, 6) is -0.350. The van der Waals surface area contributed by atoms with Crippen LogP contribution in [0.3, 0.4) is 0 Å². The molecule has 1 N–H and O–H groups in total. The zero-order valence-electron chi connectivity index (χ0n) is 16.4. The molecule has 4 rings (SSSR count). The van der Waals surface area contributed by atoms with Crippen LogP contribution in [0.4, 0.5) is 5.95 Å². The second-order valence-electron chi connectivity index (χ2n) is 7.29. The van der Waals surface area contributed by atoms with Crippen LogP contribution in [0, 0.1) is 0 Å². The fraction of sp³-hybridized carbons (Fsp3) is 0.450. The fourth-order valence-corrected chi connectivity index (χ4v) is 3.90. The van der Waals surface area contributed by atoms with Gasteiger partial charge in [-0.25, -0.2) is 9.59 Å². The summed E-state index contributed by atoms with van der Waals surface area (Å²) >= 11 is 0. The molecule has 0 unspecified atom stereocenters. The highest BCUT2D eigenvalue weighted by Crippen LogP contribution is 2.35. The lowest BCUT2D eigenvalue weighted by molar-refractivity contribution is -0.146. The van der Waals surface area contributed by atoms with E-state index in [1.807, 2.05) is 6.92 Å². The van der Waals surface area contributed by atoms with Crippen molar-refractivity contribution in [2.75, 3.05) is 12.4 Å². The van der Waals surface area contributed by atoms with E-state index in [4.69, 9.17) is 9.47 Å². The Kier molecular flexibility index (Phi) is 5.28. The van der Waals surface area contributed by atoms with Gasteiger partial charge in [-0.05, 0) is 60.7 Å². The molecule has 1 atom stereocenters. The van der Waals surface area contributed by atoms with E-state index in [9.17, 15) is 9.59 Å². The zero-order chi connectivity index (χ0) is 20.4. The topological polar surface area (TPSA) is 108 Å². The van der Waals surface area contributed by atoms with E-state index in [1.165, 1.54) is 13.5 Å². The normalized spacial score (nSPS) is 19.3. The summed E-state index contributed by atoms with van der Waals surface area (Å²) in [5.41, 5.74) is 2.30. The largest absolute Gasteiger partial charge is 0.465 e. The quantitative estimate of drug-likeness (QED) is 0.785. The lowest BCUT2D eigenvalue weighted by Gasteiger charge is -2.29. The molecule has 0 saturated heterocycles. The van der Waals surface area contributed by atoms with Crippen molar-refractivity contribution in [3.63, 3.8) is 0 Å².